The first-order valence-corrected chi connectivity index (χ1v) is 14.6. The second-order valence-electron chi connectivity index (χ2n) is 11.1. The summed E-state index contributed by atoms with van der Waals surface area (Å²) in [6.07, 6.45) is -7.35. The summed E-state index contributed by atoms with van der Waals surface area (Å²) in [4.78, 5) is 51.4. The molecule has 0 saturated carbocycles. The van der Waals surface area contributed by atoms with Crippen molar-refractivity contribution in [2.75, 3.05) is 0 Å². The molecule has 0 unspecified atom stereocenters. The Hall–Kier alpha value is -3.40. The van der Waals surface area contributed by atoms with Crippen molar-refractivity contribution in [3.63, 3.8) is 0 Å². The van der Waals surface area contributed by atoms with Crippen molar-refractivity contribution >= 4 is 40.8 Å². The number of aromatic nitrogens is 3. The lowest BCUT2D eigenvalue weighted by molar-refractivity contribution is -0.286. The SMILES string of the molecule is CC(C)(C)C(=O)n1nc(-c2cccn(CCC(=O)O[C@@H]3O[C@H](C(=O)O)[C@@H](O)[C@H](O)[C@H]3O)c2=O)cc1CCc1ccc(Cl)s1. The fourth-order valence-electron chi connectivity index (χ4n) is 4.42. The molecule has 0 aromatic carbocycles. The minimum absolute atomic E-state index is 0.157. The quantitative estimate of drug-likeness (QED) is 0.250. The van der Waals surface area contributed by atoms with Gasteiger partial charge in [-0.3, -0.25) is 14.4 Å². The van der Waals surface area contributed by atoms with Gasteiger partial charge in [-0.25, -0.2) is 9.48 Å². The minimum Gasteiger partial charge on any atom is -0.479 e. The highest BCUT2D eigenvalue weighted by Gasteiger charge is 2.48. The molecule has 4 N–H and O–H groups in total. The summed E-state index contributed by atoms with van der Waals surface area (Å²) in [5, 5.41) is 43.4. The monoisotopic (exact) mass is 637 g/mol. The van der Waals surface area contributed by atoms with Crippen molar-refractivity contribution in [2.24, 2.45) is 5.41 Å². The Bertz CT molecular complexity index is 1560. The molecule has 1 saturated heterocycles. The zero-order chi connectivity index (χ0) is 31.6. The van der Waals surface area contributed by atoms with Gasteiger partial charge in [0.15, 0.2) is 6.10 Å². The average Bonchev–Trinajstić information content (AvgIpc) is 3.56. The van der Waals surface area contributed by atoms with Crippen LogP contribution in [0.25, 0.3) is 11.3 Å². The number of carboxylic acids is 1. The number of hydrogen-bond donors (Lipinski definition) is 4. The number of thiophene rings is 1. The fraction of sp³-hybridized carbons (Fsp3) is 0.464. The Labute approximate surface area is 254 Å². The fourth-order valence-corrected chi connectivity index (χ4v) is 5.50. The smallest absolute Gasteiger partial charge is 0.335 e. The highest BCUT2D eigenvalue weighted by atomic mass is 35.5. The van der Waals surface area contributed by atoms with Crippen molar-refractivity contribution in [3.8, 4) is 11.3 Å². The average molecular weight is 638 g/mol. The molecule has 0 aliphatic carbocycles. The van der Waals surface area contributed by atoms with E-state index in [1.54, 1.807) is 45.0 Å². The predicted molar refractivity (Wildman–Crippen MR) is 154 cm³/mol. The number of pyridine rings is 1. The second kappa shape index (κ2) is 13.1. The summed E-state index contributed by atoms with van der Waals surface area (Å²) in [6, 6.07) is 8.55. The molecule has 5 atom stereocenters. The standard InChI is InChI=1S/C28H32ClN3O10S/c1-28(2,3)27(40)32-14(6-7-15-8-9-18(29)43-15)13-17(30-32)16-5-4-11-31(24(16)37)12-10-19(33)41-26-22(36)20(34)21(35)23(42-26)25(38)39/h4-5,8-9,11,13,20-23,26,34-36H,6-7,10,12H2,1-3H3,(H,38,39)/t20-,21-,22+,23-,26+/m0/s1. The van der Waals surface area contributed by atoms with Gasteiger partial charge in [0.05, 0.1) is 22.0 Å². The van der Waals surface area contributed by atoms with Gasteiger partial charge in [0.25, 0.3) is 11.5 Å². The molecule has 0 bridgehead atoms. The molecule has 232 valence electrons. The molecule has 1 aliphatic heterocycles. The van der Waals surface area contributed by atoms with Crippen molar-refractivity contribution < 1.29 is 44.3 Å². The van der Waals surface area contributed by atoms with Gasteiger partial charge < -0.3 is 34.5 Å². The van der Waals surface area contributed by atoms with E-state index in [1.807, 2.05) is 6.07 Å². The first-order valence-electron chi connectivity index (χ1n) is 13.4. The van der Waals surface area contributed by atoms with Crippen LogP contribution in [-0.2, 0) is 38.4 Å². The molecule has 3 aromatic rings. The van der Waals surface area contributed by atoms with Gasteiger partial charge in [-0.15, -0.1) is 11.3 Å². The Morgan fingerprint density at radius 1 is 1.09 bits per heavy atom. The summed E-state index contributed by atoms with van der Waals surface area (Å²) in [5.41, 5.74) is -0.126. The number of hydrogen-bond acceptors (Lipinski definition) is 11. The van der Waals surface area contributed by atoms with Crippen LogP contribution in [0.1, 0.15) is 42.6 Å². The van der Waals surface area contributed by atoms with E-state index >= 15 is 0 Å². The molecular weight excluding hydrogens is 606 g/mol. The summed E-state index contributed by atoms with van der Waals surface area (Å²) in [7, 11) is 0. The van der Waals surface area contributed by atoms with Crippen LogP contribution in [0.15, 0.2) is 41.3 Å². The van der Waals surface area contributed by atoms with E-state index in [9.17, 15) is 34.5 Å². The maximum absolute atomic E-state index is 13.4. The van der Waals surface area contributed by atoms with Crippen LogP contribution in [0.2, 0.25) is 4.34 Å². The summed E-state index contributed by atoms with van der Waals surface area (Å²) in [5.74, 6) is -2.81. The Morgan fingerprint density at radius 3 is 2.44 bits per heavy atom. The molecule has 15 heteroatoms. The van der Waals surface area contributed by atoms with E-state index in [1.165, 1.54) is 26.8 Å². The van der Waals surface area contributed by atoms with Crippen molar-refractivity contribution in [1.29, 1.82) is 0 Å². The zero-order valence-corrected chi connectivity index (χ0v) is 25.1. The van der Waals surface area contributed by atoms with E-state index in [-0.39, 0.29) is 30.1 Å². The van der Waals surface area contributed by atoms with Crippen LogP contribution in [0.3, 0.4) is 0 Å². The number of ether oxygens (including phenoxy) is 2. The number of rotatable bonds is 9. The van der Waals surface area contributed by atoms with E-state index < -0.39 is 53.6 Å². The third-order valence-electron chi connectivity index (χ3n) is 6.79. The van der Waals surface area contributed by atoms with E-state index in [2.05, 4.69) is 5.10 Å². The normalized spacial score (nSPS) is 22.3. The lowest BCUT2D eigenvalue weighted by Crippen LogP contribution is -2.60. The topological polar surface area (TPSA) is 190 Å². The molecule has 4 heterocycles. The van der Waals surface area contributed by atoms with Crippen molar-refractivity contribution in [2.45, 2.75) is 77.3 Å². The number of carbonyl (C=O) groups excluding carboxylic acids is 2. The van der Waals surface area contributed by atoms with Crippen LogP contribution < -0.4 is 5.56 Å². The van der Waals surface area contributed by atoms with Gasteiger partial charge >= 0.3 is 11.9 Å². The molecule has 0 spiro atoms. The van der Waals surface area contributed by atoms with E-state index in [0.717, 1.165) is 4.88 Å². The highest BCUT2D eigenvalue weighted by Crippen LogP contribution is 2.26. The molecule has 1 aliphatic rings. The molecule has 4 rings (SSSR count). The molecule has 0 radical (unpaired) electrons. The summed E-state index contributed by atoms with van der Waals surface area (Å²) in [6.45, 7) is 5.16. The Morgan fingerprint density at radius 2 is 1.81 bits per heavy atom. The zero-order valence-electron chi connectivity index (χ0n) is 23.5. The predicted octanol–water partition coefficient (Wildman–Crippen LogP) is 1.72. The largest absolute Gasteiger partial charge is 0.479 e. The van der Waals surface area contributed by atoms with Gasteiger partial charge in [0.2, 0.25) is 6.29 Å². The minimum atomic E-state index is -1.93. The third kappa shape index (κ3) is 7.40. The number of aliphatic hydroxyl groups is 3. The number of esters is 1. The van der Waals surface area contributed by atoms with Crippen molar-refractivity contribution in [3.05, 3.63) is 61.8 Å². The van der Waals surface area contributed by atoms with Crippen LogP contribution in [-0.4, -0.2) is 83.3 Å². The number of carboxylic acid groups (broad SMARTS) is 1. The number of nitrogens with zero attached hydrogens (tertiary/aromatic N) is 3. The number of halogens is 1. The third-order valence-corrected chi connectivity index (χ3v) is 8.08. The maximum atomic E-state index is 13.4. The van der Waals surface area contributed by atoms with Gasteiger partial charge in [0.1, 0.15) is 18.3 Å². The Balaban J connectivity index is 1.51. The summed E-state index contributed by atoms with van der Waals surface area (Å²) >= 11 is 7.49. The summed E-state index contributed by atoms with van der Waals surface area (Å²) < 4.78 is 13.2. The van der Waals surface area contributed by atoms with Crippen molar-refractivity contribution in [1.82, 2.24) is 14.3 Å². The van der Waals surface area contributed by atoms with E-state index in [0.29, 0.717) is 22.9 Å². The lowest BCUT2D eigenvalue weighted by Gasteiger charge is -2.37. The molecule has 1 fully saturated rings. The number of aryl methyl sites for hydroxylation is 3. The molecule has 13 nitrogen and oxygen atoms in total. The first kappa shape index (κ1) is 32.5. The molecule has 43 heavy (non-hydrogen) atoms. The van der Waals surface area contributed by atoms with Gasteiger partial charge in [-0.05, 0) is 43.2 Å². The van der Waals surface area contributed by atoms with Gasteiger partial charge in [-0.2, -0.15) is 5.10 Å². The maximum Gasteiger partial charge on any atom is 0.335 e. The Kier molecular flexibility index (Phi) is 9.89. The molecule has 3 aromatic heterocycles. The van der Waals surface area contributed by atoms with E-state index in [4.69, 9.17) is 26.2 Å². The molecular formula is C28H32ClN3O10S. The van der Waals surface area contributed by atoms with Gasteiger partial charge in [-0.1, -0.05) is 32.4 Å². The van der Waals surface area contributed by atoms with Crippen LogP contribution in [0.4, 0.5) is 0 Å². The van der Waals surface area contributed by atoms with Crippen LogP contribution >= 0.6 is 22.9 Å². The highest BCUT2D eigenvalue weighted by molar-refractivity contribution is 7.16. The first-order chi connectivity index (χ1) is 20.2. The lowest BCUT2D eigenvalue weighted by atomic mass is 9.95. The van der Waals surface area contributed by atoms with Gasteiger partial charge in [0, 0.05) is 28.7 Å². The second-order valence-corrected chi connectivity index (χ2v) is 12.9. The van der Waals surface area contributed by atoms with Crippen LogP contribution in [0, 0.1) is 5.41 Å². The molecule has 0 amide bonds. The number of carbonyl (C=O) groups is 3. The number of aliphatic carboxylic acids is 1. The van der Waals surface area contributed by atoms with Crippen LogP contribution in [0.5, 0.6) is 0 Å². The number of aliphatic hydroxyl groups excluding tert-OH is 3.